The molecule has 0 amide bonds. The fraction of sp³-hybridized carbons (Fsp3) is 0.118. The van der Waals surface area contributed by atoms with Crippen molar-refractivity contribution in [1.82, 2.24) is 0 Å². The number of hydrogen-bond donors (Lipinski definition) is 0. The predicted molar refractivity (Wildman–Crippen MR) is 143 cm³/mol. The van der Waals surface area contributed by atoms with Gasteiger partial charge in [0.1, 0.15) is 23.0 Å². The Morgan fingerprint density at radius 1 is 0.361 bits per heavy atom. The average Bonchev–Trinajstić information content (AvgIpc) is 2.94. The molecule has 0 N–H and O–H groups in total. The van der Waals surface area contributed by atoms with Gasteiger partial charge in [-0.05, 0) is 48.2 Å². The maximum absolute atomic E-state index is 6.20. The van der Waals surface area contributed by atoms with Gasteiger partial charge in [0, 0.05) is 34.1 Å². The third-order valence-electron chi connectivity index (χ3n) is 7.52. The fourth-order valence-corrected chi connectivity index (χ4v) is 5.74. The van der Waals surface area contributed by atoms with Gasteiger partial charge in [-0.3, -0.25) is 0 Å². The van der Waals surface area contributed by atoms with E-state index in [0.29, 0.717) is 0 Å². The van der Waals surface area contributed by atoms with E-state index in [-0.39, 0.29) is 11.8 Å². The molecule has 174 valence electrons. The van der Waals surface area contributed by atoms with E-state index in [9.17, 15) is 0 Å². The first-order chi connectivity index (χ1) is 17.8. The molecule has 7 rings (SSSR count). The van der Waals surface area contributed by atoms with E-state index in [1.54, 1.807) is 0 Å². The topological polar surface area (TPSA) is 18.5 Å². The summed E-state index contributed by atoms with van der Waals surface area (Å²) in [5, 5.41) is 0. The van der Waals surface area contributed by atoms with Crippen molar-refractivity contribution in [3.63, 3.8) is 0 Å². The van der Waals surface area contributed by atoms with Crippen molar-refractivity contribution in [2.24, 2.45) is 0 Å². The second kappa shape index (κ2) is 8.73. The van der Waals surface area contributed by atoms with Gasteiger partial charge in [-0.15, -0.1) is 0 Å². The molecule has 5 aromatic rings. The highest BCUT2D eigenvalue weighted by molar-refractivity contribution is 5.55. The van der Waals surface area contributed by atoms with Crippen LogP contribution in [0.25, 0.3) is 0 Å². The Bertz CT molecular complexity index is 1340. The van der Waals surface area contributed by atoms with Crippen LogP contribution in [0, 0.1) is 0 Å². The molecule has 0 spiro atoms. The lowest BCUT2D eigenvalue weighted by Gasteiger charge is -2.29. The van der Waals surface area contributed by atoms with Crippen molar-refractivity contribution >= 4 is 0 Å². The maximum Gasteiger partial charge on any atom is 0.131 e. The lowest BCUT2D eigenvalue weighted by Crippen LogP contribution is -2.13. The first-order valence-electron chi connectivity index (χ1n) is 12.6. The van der Waals surface area contributed by atoms with Gasteiger partial charge in [-0.2, -0.15) is 0 Å². The highest BCUT2D eigenvalue weighted by Gasteiger charge is 2.28. The first-order valence-corrected chi connectivity index (χ1v) is 12.6. The molecule has 2 aliphatic heterocycles. The van der Waals surface area contributed by atoms with E-state index in [1.165, 1.54) is 33.4 Å². The molecule has 0 aromatic heterocycles. The zero-order valence-corrected chi connectivity index (χ0v) is 19.9. The molecular weight excluding hydrogens is 440 g/mol. The Morgan fingerprint density at radius 2 is 0.639 bits per heavy atom. The number of para-hydroxylation sites is 4. The van der Waals surface area contributed by atoms with Crippen LogP contribution in [-0.2, 0) is 12.8 Å². The number of hydrogen-bond acceptors (Lipinski definition) is 2. The minimum atomic E-state index is 0.284. The molecular formula is C34H26O2. The van der Waals surface area contributed by atoms with Crippen LogP contribution in [0.15, 0.2) is 121 Å². The Kier molecular flexibility index (Phi) is 5.10. The van der Waals surface area contributed by atoms with E-state index in [0.717, 1.165) is 35.8 Å². The minimum absolute atomic E-state index is 0.284. The van der Waals surface area contributed by atoms with E-state index in [4.69, 9.17) is 9.47 Å². The summed E-state index contributed by atoms with van der Waals surface area (Å²) in [4.78, 5) is 0. The van der Waals surface area contributed by atoms with Gasteiger partial charge in [-0.25, -0.2) is 0 Å². The molecule has 0 aliphatic carbocycles. The van der Waals surface area contributed by atoms with Crippen LogP contribution in [0.4, 0.5) is 0 Å². The van der Waals surface area contributed by atoms with Gasteiger partial charge in [0.2, 0.25) is 0 Å². The molecule has 2 heteroatoms. The Balaban J connectivity index is 1.18. The lowest BCUT2D eigenvalue weighted by molar-refractivity contribution is 0.444. The molecule has 0 saturated heterocycles. The first kappa shape index (κ1) is 21.0. The summed E-state index contributed by atoms with van der Waals surface area (Å²) in [6.07, 6.45) is 1.89. The Hall–Kier alpha value is -4.30. The molecule has 36 heavy (non-hydrogen) atoms. The van der Waals surface area contributed by atoms with Crippen LogP contribution in [0.5, 0.6) is 23.0 Å². The number of rotatable bonds is 4. The molecule has 0 atom stereocenters. The number of benzene rings is 5. The van der Waals surface area contributed by atoms with Gasteiger partial charge in [0.15, 0.2) is 0 Å². The van der Waals surface area contributed by atoms with Crippen LogP contribution in [0.1, 0.15) is 45.2 Å². The molecule has 0 saturated carbocycles. The smallest absolute Gasteiger partial charge is 0.131 e. The predicted octanol–water partition coefficient (Wildman–Crippen LogP) is 8.65. The molecule has 2 nitrogen and oxygen atoms in total. The van der Waals surface area contributed by atoms with Gasteiger partial charge >= 0.3 is 0 Å². The van der Waals surface area contributed by atoms with Crippen LogP contribution in [0.2, 0.25) is 0 Å². The quantitative estimate of drug-likeness (QED) is 0.264. The largest absolute Gasteiger partial charge is 0.457 e. The standard InChI is InChI=1S/C34H26O2/c1-5-13-31-25(9-1)29(26-10-2-6-14-32(26)35-31)21-23-17-19-24(20-18-23)22-30-27-11-3-7-15-33(27)36-34-16-8-4-12-28(30)34/h1-20,29-30H,21-22H2. The van der Waals surface area contributed by atoms with Crippen LogP contribution < -0.4 is 9.47 Å². The third kappa shape index (κ3) is 3.67. The minimum Gasteiger partial charge on any atom is -0.457 e. The van der Waals surface area contributed by atoms with Crippen molar-refractivity contribution in [2.45, 2.75) is 24.7 Å². The van der Waals surface area contributed by atoms with Crippen molar-refractivity contribution < 1.29 is 9.47 Å². The van der Waals surface area contributed by atoms with Gasteiger partial charge in [-0.1, -0.05) is 97.1 Å². The van der Waals surface area contributed by atoms with E-state index >= 15 is 0 Å². The second-order valence-corrected chi connectivity index (χ2v) is 9.69. The number of fused-ring (bicyclic) bond motifs is 4. The summed E-state index contributed by atoms with van der Waals surface area (Å²) in [5.41, 5.74) is 7.71. The molecule has 5 aromatic carbocycles. The SMILES string of the molecule is c1ccc2c(c1)Oc1ccccc1C2Cc1ccc(CC2c3ccccc3Oc3ccccc32)cc1. The third-order valence-corrected chi connectivity index (χ3v) is 7.52. The van der Waals surface area contributed by atoms with E-state index < -0.39 is 0 Å². The lowest BCUT2D eigenvalue weighted by atomic mass is 9.82. The molecule has 0 bridgehead atoms. The summed E-state index contributed by atoms with van der Waals surface area (Å²) in [7, 11) is 0. The second-order valence-electron chi connectivity index (χ2n) is 9.69. The molecule has 2 aliphatic rings. The molecule has 0 radical (unpaired) electrons. The molecule has 0 unspecified atom stereocenters. The highest BCUT2D eigenvalue weighted by Crippen LogP contribution is 2.46. The van der Waals surface area contributed by atoms with Crippen LogP contribution >= 0.6 is 0 Å². The Labute approximate surface area is 211 Å². The summed E-state index contributed by atoms with van der Waals surface area (Å²) in [5.74, 6) is 4.44. The van der Waals surface area contributed by atoms with Gasteiger partial charge in [0.05, 0.1) is 0 Å². The van der Waals surface area contributed by atoms with Crippen molar-refractivity contribution in [2.75, 3.05) is 0 Å². The zero-order chi connectivity index (χ0) is 23.9. The fourth-order valence-electron chi connectivity index (χ4n) is 5.74. The highest BCUT2D eigenvalue weighted by atomic mass is 16.5. The summed E-state index contributed by atoms with van der Waals surface area (Å²) in [6, 6.07) is 42.9. The van der Waals surface area contributed by atoms with Crippen LogP contribution in [-0.4, -0.2) is 0 Å². The average molecular weight is 467 g/mol. The number of ether oxygens (including phenoxy) is 2. The Morgan fingerprint density at radius 3 is 0.944 bits per heavy atom. The monoisotopic (exact) mass is 466 g/mol. The van der Waals surface area contributed by atoms with Gasteiger partial charge < -0.3 is 9.47 Å². The maximum atomic E-state index is 6.20. The molecule has 0 fully saturated rings. The van der Waals surface area contributed by atoms with Crippen molar-refractivity contribution in [3.05, 3.63) is 155 Å². The normalized spacial score (nSPS) is 14.0. The van der Waals surface area contributed by atoms with E-state index in [2.05, 4.69) is 97.1 Å². The molecule has 2 heterocycles. The summed E-state index contributed by atoms with van der Waals surface area (Å²) in [6.45, 7) is 0. The van der Waals surface area contributed by atoms with Gasteiger partial charge in [0.25, 0.3) is 0 Å². The summed E-state index contributed by atoms with van der Waals surface area (Å²) >= 11 is 0. The van der Waals surface area contributed by atoms with Crippen molar-refractivity contribution in [1.29, 1.82) is 0 Å². The van der Waals surface area contributed by atoms with Crippen molar-refractivity contribution in [3.8, 4) is 23.0 Å². The van der Waals surface area contributed by atoms with Crippen LogP contribution in [0.3, 0.4) is 0 Å². The zero-order valence-electron chi connectivity index (χ0n) is 19.9. The van der Waals surface area contributed by atoms with E-state index in [1.807, 2.05) is 24.3 Å². The summed E-state index contributed by atoms with van der Waals surface area (Å²) < 4.78 is 12.4.